The van der Waals surface area contributed by atoms with Crippen molar-refractivity contribution in [3.8, 4) is 17.2 Å². The van der Waals surface area contributed by atoms with E-state index in [-0.39, 0.29) is 11.7 Å². The lowest BCUT2D eigenvalue weighted by atomic mass is 10.1. The second-order valence-electron chi connectivity index (χ2n) is 6.74. The quantitative estimate of drug-likeness (QED) is 0.409. The van der Waals surface area contributed by atoms with Crippen LogP contribution in [0, 0.1) is 0 Å². The Bertz CT molecular complexity index is 1030. The second kappa shape index (κ2) is 11.3. The van der Waals surface area contributed by atoms with E-state index in [1.165, 1.54) is 11.3 Å². The fourth-order valence-electron chi connectivity index (χ4n) is 3.12. The Labute approximate surface area is 192 Å². The van der Waals surface area contributed by atoms with E-state index in [0.29, 0.717) is 59.6 Å². The first-order valence-corrected chi connectivity index (χ1v) is 11.4. The maximum absolute atomic E-state index is 12.8. The van der Waals surface area contributed by atoms with Crippen LogP contribution in [0.25, 0.3) is 0 Å². The third-order valence-electron chi connectivity index (χ3n) is 4.52. The molecule has 0 aliphatic carbocycles. The molecule has 6 nitrogen and oxygen atoms in total. The molecule has 3 aromatic rings. The Morgan fingerprint density at radius 3 is 2.03 bits per heavy atom. The van der Waals surface area contributed by atoms with Gasteiger partial charge in [0, 0.05) is 16.0 Å². The number of ketones is 1. The van der Waals surface area contributed by atoms with Gasteiger partial charge in [-0.3, -0.25) is 9.59 Å². The molecule has 0 unspecified atom stereocenters. The van der Waals surface area contributed by atoms with Crippen molar-refractivity contribution in [2.24, 2.45) is 0 Å². The summed E-state index contributed by atoms with van der Waals surface area (Å²) in [6.07, 6.45) is 0. The molecular weight excluding hydrogens is 426 g/mol. The van der Waals surface area contributed by atoms with Gasteiger partial charge >= 0.3 is 0 Å². The lowest BCUT2D eigenvalue weighted by Crippen LogP contribution is -2.22. The van der Waals surface area contributed by atoms with Gasteiger partial charge in [-0.05, 0) is 45.0 Å². The van der Waals surface area contributed by atoms with E-state index in [0.717, 1.165) is 4.88 Å². The van der Waals surface area contributed by atoms with Crippen molar-refractivity contribution >= 4 is 23.0 Å². The predicted octanol–water partition coefficient (Wildman–Crippen LogP) is 5.11. The molecular formula is C25H27NO5S. The second-order valence-corrected chi connectivity index (χ2v) is 7.91. The van der Waals surface area contributed by atoms with Crippen LogP contribution in [0.5, 0.6) is 17.2 Å². The summed E-state index contributed by atoms with van der Waals surface area (Å²) in [5.74, 6) is 1.14. The zero-order valence-electron chi connectivity index (χ0n) is 18.5. The molecule has 1 aromatic heterocycles. The molecule has 2 aromatic carbocycles. The number of rotatable bonds is 11. The summed E-state index contributed by atoms with van der Waals surface area (Å²) < 4.78 is 17.0. The van der Waals surface area contributed by atoms with Crippen LogP contribution in [-0.4, -0.2) is 31.5 Å². The van der Waals surface area contributed by atoms with Crippen molar-refractivity contribution in [3.63, 3.8) is 0 Å². The first-order chi connectivity index (χ1) is 15.6. The minimum absolute atomic E-state index is 0.0256. The smallest absolute Gasteiger partial charge is 0.251 e. The number of hydrogen-bond donors (Lipinski definition) is 1. The molecule has 0 saturated heterocycles. The van der Waals surface area contributed by atoms with Crippen LogP contribution in [-0.2, 0) is 6.54 Å². The Balaban J connectivity index is 1.73. The van der Waals surface area contributed by atoms with Gasteiger partial charge in [0.15, 0.2) is 11.5 Å². The van der Waals surface area contributed by atoms with Gasteiger partial charge in [0.1, 0.15) is 0 Å². The summed E-state index contributed by atoms with van der Waals surface area (Å²) in [6.45, 7) is 7.25. The lowest BCUT2D eigenvalue weighted by molar-refractivity contribution is 0.0949. The maximum Gasteiger partial charge on any atom is 0.251 e. The molecule has 0 fully saturated rings. The Morgan fingerprint density at radius 2 is 1.44 bits per heavy atom. The van der Waals surface area contributed by atoms with Gasteiger partial charge in [0.2, 0.25) is 11.5 Å². The highest BCUT2D eigenvalue weighted by atomic mass is 32.1. The maximum atomic E-state index is 12.8. The number of hydrogen-bond acceptors (Lipinski definition) is 6. The number of carbonyl (C=O) groups is 2. The summed E-state index contributed by atoms with van der Waals surface area (Å²) in [5.41, 5.74) is 1.06. The summed E-state index contributed by atoms with van der Waals surface area (Å²) >= 11 is 1.37. The van der Waals surface area contributed by atoms with Crippen LogP contribution in [0.2, 0.25) is 0 Å². The molecule has 1 amide bonds. The van der Waals surface area contributed by atoms with E-state index in [2.05, 4.69) is 5.32 Å². The number of carbonyl (C=O) groups excluding carboxylic acids is 2. The molecule has 32 heavy (non-hydrogen) atoms. The highest BCUT2D eigenvalue weighted by molar-refractivity contribution is 7.14. The molecule has 0 aliphatic heterocycles. The lowest BCUT2D eigenvalue weighted by Gasteiger charge is -2.17. The van der Waals surface area contributed by atoms with Gasteiger partial charge in [0.05, 0.1) is 31.2 Å². The van der Waals surface area contributed by atoms with Crippen molar-refractivity contribution in [1.82, 2.24) is 5.32 Å². The molecule has 3 rings (SSSR count). The van der Waals surface area contributed by atoms with E-state index in [9.17, 15) is 9.59 Å². The fourth-order valence-corrected chi connectivity index (χ4v) is 4.03. The van der Waals surface area contributed by atoms with E-state index < -0.39 is 0 Å². The number of nitrogens with one attached hydrogen (secondary N) is 1. The van der Waals surface area contributed by atoms with Crippen molar-refractivity contribution in [3.05, 3.63) is 75.5 Å². The third-order valence-corrected chi connectivity index (χ3v) is 5.60. The minimum Gasteiger partial charge on any atom is -0.490 e. The number of thiophene rings is 1. The molecule has 168 valence electrons. The largest absolute Gasteiger partial charge is 0.490 e. The summed E-state index contributed by atoms with van der Waals surface area (Å²) in [6, 6.07) is 16.1. The van der Waals surface area contributed by atoms with Crippen molar-refractivity contribution in [2.45, 2.75) is 27.3 Å². The van der Waals surface area contributed by atoms with Gasteiger partial charge in [0.25, 0.3) is 5.91 Å². The standard InChI is InChI=1S/C25H27NO5S/c1-4-29-20-14-18(15-21(30-5-2)24(20)31-6-3)25(28)26-16-19-12-13-22(32-19)23(27)17-10-8-7-9-11-17/h7-15H,4-6,16H2,1-3H3,(H,26,28). The minimum atomic E-state index is -0.265. The van der Waals surface area contributed by atoms with Crippen LogP contribution in [0.1, 0.15) is 51.2 Å². The zero-order chi connectivity index (χ0) is 22.9. The normalized spacial score (nSPS) is 10.5. The highest BCUT2D eigenvalue weighted by Gasteiger charge is 2.19. The monoisotopic (exact) mass is 453 g/mol. The van der Waals surface area contributed by atoms with E-state index in [4.69, 9.17) is 14.2 Å². The Hall–Kier alpha value is -3.32. The SMILES string of the molecule is CCOc1cc(C(=O)NCc2ccc(C(=O)c3ccccc3)s2)cc(OCC)c1OCC. The number of ether oxygens (including phenoxy) is 3. The molecule has 0 saturated carbocycles. The zero-order valence-corrected chi connectivity index (χ0v) is 19.3. The summed E-state index contributed by atoms with van der Waals surface area (Å²) in [5, 5.41) is 2.91. The molecule has 0 spiro atoms. The van der Waals surface area contributed by atoms with Crippen molar-refractivity contribution in [2.75, 3.05) is 19.8 Å². The van der Waals surface area contributed by atoms with Crippen LogP contribution in [0.4, 0.5) is 0 Å². The van der Waals surface area contributed by atoms with Gasteiger partial charge in [-0.15, -0.1) is 11.3 Å². The topological polar surface area (TPSA) is 73.9 Å². The van der Waals surface area contributed by atoms with Gasteiger partial charge in [-0.1, -0.05) is 30.3 Å². The molecule has 0 aliphatic rings. The fraction of sp³-hybridized carbons (Fsp3) is 0.280. The van der Waals surface area contributed by atoms with Gasteiger partial charge in [-0.25, -0.2) is 0 Å². The van der Waals surface area contributed by atoms with Crippen molar-refractivity contribution < 1.29 is 23.8 Å². The molecule has 0 bridgehead atoms. The van der Waals surface area contributed by atoms with Crippen molar-refractivity contribution in [1.29, 1.82) is 0 Å². The van der Waals surface area contributed by atoms with Crippen LogP contribution in [0.3, 0.4) is 0 Å². The molecule has 0 radical (unpaired) electrons. The highest BCUT2D eigenvalue weighted by Crippen LogP contribution is 2.39. The summed E-state index contributed by atoms with van der Waals surface area (Å²) in [4.78, 5) is 26.9. The number of benzene rings is 2. The van der Waals surface area contributed by atoms with E-state index in [1.54, 1.807) is 30.3 Å². The van der Waals surface area contributed by atoms with E-state index in [1.807, 2.05) is 45.0 Å². The first-order valence-electron chi connectivity index (χ1n) is 10.6. The van der Waals surface area contributed by atoms with Crippen LogP contribution < -0.4 is 19.5 Å². The molecule has 1 N–H and O–H groups in total. The van der Waals surface area contributed by atoms with Crippen LogP contribution in [0.15, 0.2) is 54.6 Å². The van der Waals surface area contributed by atoms with Gasteiger partial charge in [-0.2, -0.15) is 0 Å². The molecule has 7 heteroatoms. The average Bonchev–Trinajstić information content (AvgIpc) is 3.29. The third kappa shape index (κ3) is 5.68. The van der Waals surface area contributed by atoms with E-state index >= 15 is 0 Å². The first kappa shape index (κ1) is 23.3. The molecule has 1 heterocycles. The average molecular weight is 454 g/mol. The summed E-state index contributed by atoms with van der Waals surface area (Å²) in [7, 11) is 0. The van der Waals surface area contributed by atoms with Crippen LogP contribution >= 0.6 is 11.3 Å². The molecule has 0 atom stereocenters. The Kier molecular flexibility index (Phi) is 8.27. The number of amides is 1. The van der Waals surface area contributed by atoms with Gasteiger partial charge < -0.3 is 19.5 Å². The predicted molar refractivity (Wildman–Crippen MR) is 125 cm³/mol. The Morgan fingerprint density at radius 1 is 0.812 bits per heavy atom.